The Kier molecular flexibility index (Phi) is 5.49. The Morgan fingerprint density at radius 3 is 2.54 bits per heavy atom. The van der Waals surface area contributed by atoms with E-state index in [0.29, 0.717) is 11.3 Å². The molecule has 2 rings (SSSR count). The van der Waals surface area contributed by atoms with Crippen molar-refractivity contribution in [1.82, 2.24) is 5.32 Å². The number of hydrogen-bond donors (Lipinski definition) is 2. The zero-order valence-electron chi connectivity index (χ0n) is 12.7. The predicted octanol–water partition coefficient (Wildman–Crippen LogP) is 2.93. The SMILES string of the molecule is Cc1c(NC(=O)CNC(=O)c2ccccc2Cl)cccc1[N+](=O)[O-]. The molecule has 7 nitrogen and oxygen atoms in total. The average molecular weight is 348 g/mol. The number of halogens is 1. The van der Waals surface area contributed by atoms with Gasteiger partial charge < -0.3 is 10.6 Å². The minimum atomic E-state index is -0.524. The summed E-state index contributed by atoms with van der Waals surface area (Å²) in [4.78, 5) is 34.3. The van der Waals surface area contributed by atoms with E-state index in [4.69, 9.17) is 11.6 Å². The first-order valence-electron chi connectivity index (χ1n) is 6.96. The topological polar surface area (TPSA) is 101 Å². The fourth-order valence-corrected chi connectivity index (χ4v) is 2.27. The number of benzene rings is 2. The van der Waals surface area contributed by atoms with Crippen LogP contribution in [0.2, 0.25) is 5.02 Å². The van der Waals surface area contributed by atoms with Crippen LogP contribution in [-0.2, 0) is 4.79 Å². The highest BCUT2D eigenvalue weighted by Crippen LogP contribution is 2.24. The van der Waals surface area contributed by atoms with Crippen LogP contribution in [0.3, 0.4) is 0 Å². The molecule has 0 aromatic heterocycles. The molecule has 8 heteroatoms. The molecule has 0 aliphatic heterocycles. The molecule has 0 fully saturated rings. The zero-order chi connectivity index (χ0) is 17.7. The van der Waals surface area contributed by atoms with Crippen LogP contribution in [0.25, 0.3) is 0 Å². The van der Waals surface area contributed by atoms with Crippen LogP contribution in [0.4, 0.5) is 11.4 Å². The maximum absolute atomic E-state index is 12.0. The molecule has 0 saturated heterocycles. The van der Waals surface area contributed by atoms with Crippen LogP contribution in [0.15, 0.2) is 42.5 Å². The number of rotatable bonds is 5. The van der Waals surface area contributed by atoms with Crippen molar-refractivity contribution in [3.05, 3.63) is 68.7 Å². The number of hydrogen-bond acceptors (Lipinski definition) is 4. The number of nitro benzene ring substituents is 1. The molecule has 0 heterocycles. The zero-order valence-corrected chi connectivity index (χ0v) is 13.5. The Labute approximate surface area is 142 Å². The third-order valence-electron chi connectivity index (χ3n) is 3.30. The number of anilines is 1. The van der Waals surface area contributed by atoms with E-state index in [0.717, 1.165) is 0 Å². The minimum Gasteiger partial charge on any atom is -0.343 e. The van der Waals surface area contributed by atoms with Gasteiger partial charge in [-0.3, -0.25) is 19.7 Å². The first-order chi connectivity index (χ1) is 11.4. The van der Waals surface area contributed by atoms with Crippen molar-refractivity contribution in [2.75, 3.05) is 11.9 Å². The molecule has 0 aliphatic carbocycles. The first-order valence-corrected chi connectivity index (χ1v) is 7.34. The number of nitro groups is 1. The molecule has 2 aromatic rings. The number of nitrogens with one attached hydrogen (secondary N) is 2. The highest BCUT2D eigenvalue weighted by atomic mass is 35.5. The lowest BCUT2D eigenvalue weighted by atomic mass is 10.1. The van der Waals surface area contributed by atoms with Crippen LogP contribution in [0, 0.1) is 17.0 Å². The third kappa shape index (κ3) is 4.08. The molecule has 2 aromatic carbocycles. The van der Waals surface area contributed by atoms with Gasteiger partial charge in [-0.2, -0.15) is 0 Å². The van der Waals surface area contributed by atoms with Gasteiger partial charge in [-0.15, -0.1) is 0 Å². The third-order valence-corrected chi connectivity index (χ3v) is 3.63. The van der Waals surface area contributed by atoms with Gasteiger partial charge in [0.15, 0.2) is 0 Å². The first kappa shape index (κ1) is 17.4. The lowest BCUT2D eigenvalue weighted by Crippen LogP contribution is -2.33. The van der Waals surface area contributed by atoms with E-state index in [1.165, 1.54) is 19.1 Å². The van der Waals surface area contributed by atoms with Crippen molar-refractivity contribution in [2.24, 2.45) is 0 Å². The van der Waals surface area contributed by atoms with Gasteiger partial charge >= 0.3 is 0 Å². The van der Waals surface area contributed by atoms with Crippen LogP contribution in [0.1, 0.15) is 15.9 Å². The molecule has 2 amide bonds. The Morgan fingerprint density at radius 1 is 1.17 bits per heavy atom. The van der Waals surface area contributed by atoms with E-state index < -0.39 is 16.7 Å². The molecule has 0 unspecified atom stereocenters. The van der Waals surface area contributed by atoms with Crippen molar-refractivity contribution in [1.29, 1.82) is 0 Å². The summed E-state index contributed by atoms with van der Waals surface area (Å²) in [7, 11) is 0. The monoisotopic (exact) mass is 347 g/mol. The summed E-state index contributed by atoms with van der Waals surface area (Å²) in [5.74, 6) is -0.981. The summed E-state index contributed by atoms with van der Waals surface area (Å²) in [5, 5.41) is 16.2. The lowest BCUT2D eigenvalue weighted by Gasteiger charge is -2.10. The van der Waals surface area contributed by atoms with Crippen LogP contribution >= 0.6 is 11.6 Å². The van der Waals surface area contributed by atoms with Gasteiger partial charge in [0.05, 0.1) is 33.3 Å². The van der Waals surface area contributed by atoms with E-state index in [1.807, 2.05) is 0 Å². The van der Waals surface area contributed by atoms with Crippen molar-refractivity contribution >= 4 is 34.8 Å². The summed E-state index contributed by atoms with van der Waals surface area (Å²) in [6, 6.07) is 10.8. The summed E-state index contributed by atoms with van der Waals surface area (Å²) in [5.41, 5.74) is 0.834. The van der Waals surface area contributed by atoms with E-state index in [9.17, 15) is 19.7 Å². The number of amides is 2. The average Bonchev–Trinajstić information content (AvgIpc) is 2.54. The van der Waals surface area contributed by atoms with Gasteiger partial charge in [0.1, 0.15) is 0 Å². The van der Waals surface area contributed by atoms with Gasteiger partial charge in [0, 0.05) is 6.07 Å². The van der Waals surface area contributed by atoms with Gasteiger partial charge in [-0.25, -0.2) is 0 Å². The Bertz CT molecular complexity index is 808. The van der Waals surface area contributed by atoms with Gasteiger partial charge in [0.25, 0.3) is 11.6 Å². The molecule has 24 heavy (non-hydrogen) atoms. The Balaban J connectivity index is 2.00. The Morgan fingerprint density at radius 2 is 1.88 bits per heavy atom. The van der Waals surface area contributed by atoms with E-state index in [-0.39, 0.29) is 22.8 Å². The Hall–Kier alpha value is -2.93. The van der Waals surface area contributed by atoms with E-state index in [2.05, 4.69) is 10.6 Å². The van der Waals surface area contributed by atoms with Crippen LogP contribution in [-0.4, -0.2) is 23.3 Å². The van der Waals surface area contributed by atoms with E-state index >= 15 is 0 Å². The van der Waals surface area contributed by atoms with E-state index in [1.54, 1.807) is 30.3 Å². The second-order valence-corrected chi connectivity index (χ2v) is 5.32. The quantitative estimate of drug-likeness (QED) is 0.641. The smallest absolute Gasteiger partial charge is 0.274 e. The van der Waals surface area contributed by atoms with Crippen LogP contribution < -0.4 is 10.6 Å². The highest BCUT2D eigenvalue weighted by Gasteiger charge is 2.15. The van der Waals surface area contributed by atoms with Gasteiger partial charge in [-0.1, -0.05) is 29.8 Å². The van der Waals surface area contributed by atoms with Crippen LogP contribution in [0.5, 0.6) is 0 Å². The minimum absolute atomic E-state index is 0.0899. The standard InChI is InChI=1S/C16H14ClN3O4/c1-10-13(7-4-8-14(10)20(23)24)19-15(21)9-18-16(22)11-5-2-3-6-12(11)17/h2-8H,9H2,1H3,(H,18,22)(H,19,21). The summed E-state index contributed by atoms with van der Waals surface area (Å²) in [6.07, 6.45) is 0. The fourth-order valence-electron chi connectivity index (χ4n) is 2.05. The number of carbonyl (C=O) groups is 2. The fraction of sp³-hybridized carbons (Fsp3) is 0.125. The van der Waals surface area contributed by atoms with Gasteiger partial charge in [0.2, 0.25) is 5.91 Å². The molecular weight excluding hydrogens is 334 g/mol. The molecule has 2 N–H and O–H groups in total. The van der Waals surface area contributed by atoms with Crippen molar-refractivity contribution < 1.29 is 14.5 Å². The molecule has 0 spiro atoms. The summed E-state index contributed by atoms with van der Waals surface area (Å²) >= 11 is 5.91. The highest BCUT2D eigenvalue weighted by molar-refractivity contribution is 6.33. The largest absolute Gasteiger partial charge is 0.343 e. The molecule has 124 valence electrons. The number of carbonyl (C=O) groups excluding carboxylic acids is 2. The molecule has 0 radical (unpaired) electrons. The van der Waals surface area contributed by atoms with Crippen molar-refractivity contribution in [3.8, 4) is 0 Å². The maximum atomic E-state index is 12.0. The summed E-state index contributed by atoms with van der Waals surface area (Å²) in [6.45, 7) is 1.25. The number of nitrogens with zero attached hydrogens (tertiary/aromatic N) is 1. The lowest BCUT2D eigenvalue weighted by molar-refractivity contribution is -0.385. The maximum Gasteiger partial charge on any atom is 0.274 e. The molecular formula is C16H14ClN3O4. The molecule has 0 saturated carbocycles. The van der Waals surface area contributed by atoms with Gasteiger partial charge in [-0.05, 0) is 25.1 Å². The molecule has 0 bridgehead atoms. The second-order valence-electron chi connectivity index (χ2n) is 4.92. The normalized spacial score (nSPS) is 10.1. The molecule has 0 atom stereocenters. The van der Waals surface area contributed by atoms with Crippen molar-refractivity contribution in [2.45, 2.75) is 6.92 Å². The predicted molar refractivity (Wildman–Crippen MR) is 90.2 cm³/mol. The molecule has 0 aliphatic rings. The second kappa shape index (κ2) is 7.56. The summed E-state index contributed by atoms with van der Waals surface area (Å²) < 4.78 is 0. The van der Waals surface area contributed by atoms with Crippen molar-refractivity contribution in [3.63, 3.8) is 0 Å².